The standard InChI is InChI=1S/C13H11N3O3S/c14-6-9-7-18-4-3-16(9)12(17)8-1-2-10-11(5-8)19-13(20)15-10/h1-2,5,9H,3-4,7H2,(H,15,20)/t9-/m0/s1. The van der Waals surface area contributed by atoms with E-state index in [4.69, 9.17) is 26.6 Å². The Morgan fingerprint density at radius 3 is 3.20 bits per heavy atom. The van der Waals surface area contributed by atoms with Crippen molar-refractivity contribution in [1.29, 1.82) is 5.26 Å². The minimum atomic E-state index is -0.551. The molecule has 1 fully saturated rings. The molecule has 1 amide bonds. The van der Waals surface area contributed by atoms with E-state index in [1.54, 1.807) is 18.2 Å². The average molecular weight is 289 g/mol. The maximum Gasteiger partial charge on any atom is 0.266 e. The van der Waals surface area contributed by atoms with Gasteiger partial charge >= 0.3 is 0 Å². The highest BCUT2D eigenvalue weighted by Crippen LogP contribution is 2.18. The van der Waals surface area contributed by atoms with Crippen molar-refractivity contribution in [2.24, 2.45) is 0 Å². The molecule has 1 atom stereocenters. The second-order valence-corrected chi connectivity index (χ2v) is 4.81. The number of benzene rings is 1. The summed E-state index contributed by atoms with van der Waals surface area (Å²) < 4.78 is 10.5. The molecule has 0 spiro atoms. The summed E-state index contributed by atoms with van der Waals surface area (Å²) in [6.45, 7) is 1.10. The SMILES string of the molecule is N#C[C@H]1COCCN1C(=O)c1ccc2[nH]c(=S)oc2c1. The van der Waals surface area contributed by atoms with Gasteiger partial charge in [0.25, 0.3) is 10.7 Å². The molecule has 102 valence electrons. The van der Waals surface area contributed by atoms with E-state index in [1.165, 1.54) is 4.90 Å². The monoisotopic (exact) mass is 289 g/mol. The molecule has 1 aliphatic rings. The molecule has 1 aromatic carbocycles. The van der Waals surface area contributed by atoms with Gasteiger partial charge in [-0.15, -0.1) is 0 Å². The van der Waals surface area contributed by atoms with Crippen molar-refractivity contribution in [2.45, 2.75) is 6.04 Å². The summed E-state index contributed by atoms with van der Waals surface area (Å²) in [6, 6.07) is 6.59. The van der Waals surface area contributed by atoms with Crippen LogP contribution in [0.1, 0.15) is 10.4 Å². The predicted molar refractivity (Wildman–Crippen MR) is 72.7 cm³/mol. The Kier molecular flexibility index (Phi) is 3.26. The number of morpholine rings is 1. The first-order chi connectivity index (χ1) is 9.69. The maximum atomic E-state index is 12.5. The molecule has 0 aliphatic carbocycles. The van der Waals surface area contributed by atoms with E-state index < -0.39 is 6.04 Å². The third kappa shape index (κ3) is 2.19. The predicted octanol–water partition coefficient (Wildman–Crippen LogP) is 1.85. The zero-order valence-electron chi connectivity index (χ0n) is 10.5. The highest BCUT2D eigenvalue weighted by atomic mass is 32.1. The van der Waals surface area contributed by atoms with Crippen molar-refractivity contribution in [3.05, 3.63) is 28.6 Å². The van der Waals surface area contributed by atoms with Crippen molar-refractivity contribution >= 4 is 29.2 Å². The summed E-state index contributed by atoms with van der Waals surface area (Å²) in [7, 11) is 0. The quantitative estimate of drug-likeness (QED) is 0.810. The van der Waals surface area contributed by atoms with Crippen LogP contribution in [0.25, 0.3) is 11.1 Å². The number of H-pyrrole nitrogens is 1. The van der Waals surface area contributed by atoms with Gasteiger partial charge in [-0.2, -0.15) is 5.26 Å². The lowest BCUT2D eigenvalue weighted by molar-refractivity contribution is 0.0132. The van der Waals surface area contributed by atoms with Crippen molar-refractivity contribution < 1.29 is 13.9 Å². The highest BCUT2D eigenvalue weighted by molar-refractivity contribution is 7.71. The Morgan fingerprint density at radius 1 is 1.55 bits per heavy atom. The highest BCUT2D eigenvalue weighted by Gasteiger charge is 2.28. The van der Waals surface area contributed by atoms with Crippen LogP contribution >= 0.6 is 12.2 Å². The van der Waals surface area contributed by atoms with Crippen molar-refractivity contribution in [1.82, 2.24) is 9.88 Å². The summed E-state index contributed by atoms with van der Waals surface area (Å²) in [6.07, 6.45) is 0. The van der Waals surface area contributed by atoms with Gasteiger partial charge in [-0.1, -0.05) is 0 Å². The molecule has 0 bridgehead atoms. The summed E-state index contributed by atoms with van der Waals surface area (Å²) >= 11 is 4.91. The van der Waals surface area contributed by atoms with Crippen molar-refractivity contribution in [3.8, 4) is 6.07 Å². The molecule has 0 radical (unpaired) electrons. The summed E-state index contributed by atoms with van der Waals surface area (Å²) in [5.41, 5.74) is 1.74. The molecular weight excluding hydrogens is 278 g/mol. The van der Waals surface area contributed by atoms with E-state index in [0.717, 1.165) is 5.52 Å². The molecular formula is C13H11N3O3S. The fourth-order valence-corrected chi connectivity index (χ4v) is 2.40. The van der Waals surface area contributed by atoms with E-state index in [2.05, 4.69) is 11.1 Å². The largest absolute Gasteiger partial charge is 0.429 e. The minimum absolute atomic E-state index is 0.205. The van der Waals surface area contributed by atoms with Crippen LogP contribution in [0.15, 0.2) is 22.6 Å². The van der Waals surface area contributed by atoms with E-state index in [-0.39, 0.29) is 17.4 Å². The summed E-state index contributed by atoms with van der Waals surface area (Å²) in [5.74, 6) is -0.205. The Morgan fingerprint density at radius 2 is 2.40 bits per heavy atom. The molecule has 0 unspecified atom stereocenters. The zero-order valence-corrected chi connectivity index (χ0v) is 11.3. The lowest BCUT2D eigenvalue weighted by Gasteiger charge is -2.31. The number of ether oxygens (including phenoxy) is 1. The van der Waals surface area contributed by atoms with Gasteiger partial charge in [0.15, 0.2) is 5.58 Å². The second-order valence-electron chi connectivity index (χ2n) is 4.44. The van der Waals surface area contributed by atoms with Crippen molar-refractivity contribution in [3.63, 3.8) is 0 Å². The Bertz CT molecular complexity index is 758. The fraction of sp³-hybridized carbons (Fsp3) is 0.308. The van der Waals surface area contributed by atoms with Crippen molar-refractivity contribution in [2.75, 3.05) is 19.8 Å². The molecule has 20 heavy (non-hydrogen) atoms. The first-order valence-corrected chi connectivity index (χ1v) is 6.51. The first kappa shape index (κ1) is 12.8. The number of rotatable bonds is 1. The van der Waals surface area contributed by atoms with E-state index >= 15 is 0 Å². The molecule has 3 rings (SSSR count). The Labute approximate surface area is 119 Å². The number of fused-ring (bicyclic) bond motifs is 1. The van der Waals surface area contributed by atoms with Gasteiger partial charge in [0, 0.05) is 12.1 Å². The number of carbonyl (C=O) groups is 1. The van der Waals surface area contributed by atoms with Crippen LogP contribution in [0, 0.1) is 16.2 Å². The number of oxazole rings is 1. The lowest BCUT2D eigenvalue weighted by Crippen LogP contribution is -2.47. The van der Waals surface area contributed by atoms with Gasteiger partial charge in [-0.3, -0.25) is 4.79 Å². The molecule has 2 heterocycles. The number of carbonyl (C=O) groups excluding carboxylic acids is 1. The lowest BCUT2D eigenvalue weighted by atomic mass is 10.1. The van der Waals surface area contributed by atoms with Crippen LogP contribution in [0.2, 0.25) is 0 Å². The van der Waals surface area contributed by atoms with Gasteiger partial charge in [0.05, 0.1) is 24.8 Å². The third-order valence-corrected chi connectivity index (χ3v) is 3.39. The first-order valence-electron chi connectivity index (χ1n) is 6.10. The normalized spacial score (nSPS) is 18.9. The molecule has 1 aromatic heterocycles. The number of nitrogens with one attached hydrogen (secondary N) is 1. The van der Waals surface area contributed by atoms with E-state index in [9.17, 15) is 4.79 Å². The number of aromatic nitrogens is 1. The third-order valence-electron chi connectivity index (χ3n) is 3.21. The Balaban J connectivity index is 1.95. The smallest absolute Gasteiger partial charge is 0.266 e. The summed E-state index contributed by atoms with van der Waals surface area (Å²) in [4.78, 5) is 17.1. The number of nitrogens with zero attached hydrogens (tertiary/aromatic N) is 2. The van der Waals surface area contributed by atoms with Gasteiger partial charge in [-0.05, 0) is 30.4 Å². The molecule has 7 heteroatoms. The molecule has 2 aromatic rings. The van der Waals surface area contributed by atoms with Crippen LogP contribution in [0.4, 0.5) is 0 Å². The van der Waals surface area contributed by atoms with Crippen LogP contribution in [-0.4, -0.2) is 41.6 Å². The van der Waals surface area contributed by atoms with Gasteiger partial charge < -0.3 is 19.0 Å². The van der Waals surface area contributed by atoms with Gasteiger partial charge in [0.2, 0.25) is 0 Å². The van der Waals surface area contributed by atoms with E-state index in [1.807, 2.05) is 0 Å². The molecule has 1 N–H and O–H groups in total. The molecule has 1 saturated heterocycles. The Hall–Kier alpha value is -2.17. The molecule has 1 aliphatic heterocycles. The van der Waals surface area contributed by atoms with Crippen LogP contribution in [0.3, 0.4) is 0 Å². The summed E-state index contributed by atoms with van der Waals surface area (Å²) in [5, 5.41) is 9.07. The molecule has 0 saturated carbocycles. The van der Waals surface area contributed by atoms with Gasteiger partial charge in [0.1, 0.15) is 6.04 Å². The van der Waals surface area contributed by atoms with Crippen LogP contribution in [-0.2, 0) is 4.74 Å². The van der Waals surface area contributed by atoms with E-state index in [0.29, 0.717) is 24.3 Å². The minimum Gasteiger partial charge on any atom is -0.429 e. The fourth-order valence-electron chi connectivity index (χ4n) is 2.20. The van der Waals surface area contributed by atoms with Crippen LogP contribution < -0.4 is 0 Å². The topological polar surface area (TPSA) is 82.3 Å². The number of hydrogen-bond donors (Lipinski definition) is 1. The average Bonchev–Trinajstić information content (AvgIpc) is 2.85. The molecule has 6 nitrogen and oxygen atoms in total. The van der Waals surface area contributed by atoms with Crippen LogP contribution in [0.5, 0.6) is 0 Å². The maximum absolute atomic E-state index is 12.5. The number of hydrogen-bond acceptors (Lipinski definition) is 5. The second kappa shape index (κ2) is 5.07. The number of amides is 1. The zero-order chi connectivity index (χ0) is 14.1. The van der Waals surface area contributed by atoms with Gasteiger partial charge in [-0.25, -0.2) is 0 Å². The number of aromatic amines is 1. The number of nitriles is 1.